The van der Waals surface area contributed by atoms with Crippen LogP contribution in [0.3, 0.4) is 0 Å². The minimum absolute atomic E-state index is 0.367. The molecule has 0 spiro atoms. The molecule has 0 aromatic carbocycles. The molecule has 0 aromatic rings. The quantitative estimate of drug-likeness (QED) is 0.685. The molecule has 2 heteroatoms. The van der Waals surface area contributed by atoms with Crippen molar-refractivity contribution in [1.29, 1.82) is 0 Å². The van der Waals surface area contributed by atoms with Gasteiger partial charge >= 0.3 is 0 Å². The Morgan fingerprint density at radius 2 is 2.08 bits per heavy atom. The number of hydrogen-bond donors (Lipinski definition) is 1. The van der Waals surface area contributed by atoms with Gasteiger partial charge in [0.25, 0.3) is 0 Å². The maximum absolute atomic E-state index is 5.44. The average Bonchev–Trinajstić information content (AvgIpc) is 2.57. The molecular weight excluding hydrogens is 162 g/mol. The Morgan fingerprint density at radius 3 is 2.69 bits per heavy atom. The van der Waals surface area contributed by atoms with Crippen molar-refractivity contribution in [3.63, 3.8) is 0 Å². The maximum Gasteiger partial charge on any atom is 0.0671 e. The lowest BCUT2D eigenvalue weighted by atomic mass is 10.1. The first-order valence-electron chi connectivity index (χ1n) is 5.65. The molecule has 0 saturated heterocycles. The van der Waals surface area contributed by atoms with Gasteiger partial charge in [-0.1, -0.05) is 12.8 Å². The van der Waals surface area contributed by atoms with Crippen molar-refractivity contribution < 1.29 is 4.74 Å². The average molecular weight is 185 g/mol. The van der Waals surface area contributed by atoms with Gasteiger partial charge in [0.15, 0.2) is 0 Å². The fourth-order valence-corrected chi connectivity index (χ4v) is 2.05. The third kappa shape index (κ3) is 4.63. The van der Waals surface area contributed by atoms with E-state index in [1.54, 1.807) is 0 Å². The monoisotopic (exact) mass is 185 g/mol. The fourth-order valence-electron chi connectivity index (χ4n) is 2.05. The van der Waals surface area contributed by atoms with E-state index in [9.17, 15) is 0 Å². The van der Waals surface area contributed by atoms with Crippen molar-refractivity contribution in [2.75, 3.05) is 19.7 Å². The molecule has 1 aliphatic rings. The molecular formula is C11H23NO. The molecule has 1 fully saturated rings. The molecule has 1 unspecified atom stereocenters. The fraction of sp³-hybridized carbons (Fsp3) is 1.00. The first-order valence-corrected chi connectivity index (χ1v) is 5.65. The smallest absolute Gasteiger partial charge is 0.0671 e. The van der Waals surface area contributed by atoms with E-state index in [0.717, 1.165) is 19.1 Å². The summed E-state index contributed by atoms with van der Waals surface area (Å²) in [6.07, 6.45) is 6.10. The first-order chi connectivity index (χ1) is 6.33. The Balaban J connectivity index is 1.93. The van der Waals surface area contributed by atoms with E-state index in [2.05, 4.69) is 12.2 Å². The Kier molecular flexibility index (Phi) is 5.40. The van der Waals surface area contributed by atoms with Crippen LogP contribution in [0.5, 0.6) is 0 Å². The summed E-state index contributed by atoms with van der Waals surface area (Å²) in [6.45, 7) is 7.20. The molecule has 0 radical (unpaired) electrons. The SMILES string of the molecule is CCOC(C)CNCC1CCCC1. The summed E-state index contributed by atoms with van der Waals surface area (Å²) in [5, 5.41) is 3.49. The molecule has 0 amide bonds. The maximum atomic E-state index is 5.44. The molecule has 1 saturated carbocycles. The summed E-state index contributed by atoms with van der Waals surface area (Å²) in [5.74, 6) is 0.939. The van der Waals surface area contributed by atoms with Crippen molar-refractivity contribution in [3.05, 3.63) is 0 Å². The van der Waals surface area contributed by atoms with Crippen LogP contribution in [0.2, 0.25) is 0 Å². The van der Waals surface area contributed by atoms with E-state index in [0.29, 0.717) is 6.10 Å². The summed E-state index contributed by atoms with van der Waals surface area (Å²) in [7, 11) is 0. The Hall–Kier alpha value is -0.0800. The second-order valence-electron chi connectivity index (χ2n) is 4.07. The van der Waals surface area contributed by atoms with Gasteiger partial charge in [-0.3, -0.25) is 0 Å². The zero-order valence-corrected chi connectivity index (χ0v) is 9.01. The molecule has 0 bridgehead atoms. The molecule has 1 atom stereocenters. The van der Waals surface area contributed by atoms with Gasteiger partial charge in [-0.15, -0.1) is 0 Å². The molecule has 13 heavy (non-hydrogen) atoms. The van der Waals surface area contributed by atoms with Crippen LogP contribution in [0.15, 0.2) is 0 Å². The predicted octanol–water partition coefficient (Wildman–Crippen LogP) is 2.19. The van der Waals surface area contributed by atoms with Crippen molar-refractivity contribution in [3.8, 4) is 0 Å². The normalized spacial score (nSPS) is 20.8. The Morgan fingerprint density at radius 1 is 1.38 bits per heavy atom. The van der Waals surface area contributed by atoms with Crippen molar-refractivity contribution in [1.82, 2.24) is 5.32 Å². The summed E-state index contributed by atoms with van der Waals surface area (Å²) < 4.78 is 5.44. The molecule has 0 heterocycles. The van der Waals surface area contributed by atoms with Gasteiger partial charge in [0.1, 0.15) is 0 Å². The first kappa shape index (κ1) is 11.0. The van der Waals surface area contributed by atoms with E-state index < -0.39 is 0 Å². The van der Waals surface area contributed by atoms with Crippen LogP contribution in [0, 0.1) is 5.92 Å². The van der Waals surface area contributed by atoms with Gasteiger partial charge in [-0.2, -0.15) is 0 Å². The molecule has 1 N–H and O–H groups in total. The lowest BCUT2D eigenvalue weighted by Crippen LogP contribution is -2.30. The van der Waals surface area contributed by atoms with Gasteiger partial charge in [0.2, 0.25) is 0 Å². The summed E-state index contributed by atoms with van der Waals surface area (Å²) >= 11 is 0. The highest BCUT2D eigenvalue weighted by Gasteiger charge is 2.14. The minimum Gasteiger partial charge on any atom is -0.377 e. The minimum atomic E-state index is 0.367. The molecule has 78 valence electrons. The zero-order chi connectivity index (χ0) is 9.52. The third-order valence-corrected chi connectivity index (χ3v) is 2.79. The van der Waals surface area contributed by atoms with Gasteiger partial charge < -0.3 is 10.1 Å². The lowest BCUT2D eigenvalue weighted by molar-refractivity contribution is 0.0755. The second kappa shape index (κ2) is 6.39. The van der Waals surface area contributed by atoms with Gasteiger partial charge in [0, 0.05) is 13.2 Å². The van der Waals surface area contributed by atoms with Crippen LogP contribution < -0.4 is 5.32 Å². The molecule has 1 aliphatic carbocycles. The highest BCUT2D eigenvalue weighted by atomic mass is 16.5. The van der Waals surface area contributed by atoms with Crippen molar-refractivity contribution in [2.45, 2.75) is 45.6 Å². The van der Waals surface area contributed by atoms with Crippen LogP contribution in [0.25, 0.3) is 0 Å². The van der Waals surface area contributed by atoms with E-state index in [1.165, 1.54) is 32.2 Å². The van der Waals surface area contributed by atoms with Gasteiger partial charge in [0.05, 0.1) is 6.10 Å². The van der Waals surface area contributed by atoms with Crippen molar-refractivity contribution in [2.24, 2.45) is 5.92 Å². The van der Waals surface area contributed by atoms with Gasteiger partial charge in [-0.05, 0) is 39.2 Å². The standard InChI is InChI=1S/C11H23NO/c1-3-13-10(2)8-12-9-11-6-4-5-7-11/h10-12H,3-9H2,1-2H3. The predicted molar refractivity (Wildman–Crippen MR) is 55.9 cm³/mol. The molecule has 0 aliphatic heterocycles. The number of nitrogens with one attached hydrogen (secondary N) is 1. The Bertz CT molecular complexity index is 121. The molecule has 1 rings (SSSR count). The zero-order valence-electron chi connectivity index (χ0n) is 9.01. The van der Waals surface area contributed by atoms with Crippen LogP contribution in [-0.2, 0) is 4.74 Å². The van der Waals surface area contributed by atoms with E-state index in [1.807, 2.05) is 6.92 Å². The van der Waals surface area contributed by atoms with Crippen LogP contribution in [0.4, 0.5) is 0 Å². The van der Waals surface area contributed by atoms with E-state index >= 15 is 0 Å². The number of ether oxygens (including phenoxy) is 1. The van der Waals surface area contributed by atoms with E-state index in [4.69, 9.17) is 4.74 Å². The Labute approximate surface area is 82.0 Å². The van der Waals surface area contributed by atoms with Crippen LogP contribution in [0.1, 0.15) is 39.5 Å². The number of hydrogen-bond acceptors (Lipinski definition) is 2. The highest BCUT2D eigenvalue weighted by Crippen LogP contribution is 2.23. The summed E-state index contributed by atoms with van der Waals surface area (Å²) in [5.41, 5.74) is 0. The van der Waals surface area contributed by atoms with Crippen LogP contribution in [-0.4, -0.2) is 25.8 Å². The highest BCUT2D eigenvalue weighted by molar-refractivity contribution is 4.70. The second-order valence-corrected chi connectivity index (χ2v) is 4.07. The van der Waals surface area contributed by atoms with Gasteiger partial charge in [-0.25, -0.2) is 0 Å². The van der Waals surface area contributed by atoms with Crippen LogP contribution >= 0.6 is 0 Å². The lowest BCUT2D eigenvalue weighted by Gasteiger charge is -2.15. The third-order valence-electron chi connectivity index (χ3n) is 2.79. The summed E-state index contributed by atoms with van der Waals surface area (Å²) in [6, 6.07) is 0. The molecule has 2 nitrogen and oxygen atoms in total. The molecule has 0 aromatic heterocycles. The largest absolute Gasteiger partial charge is 0.377 e. The van der Waals surface area contributed by atoms with E-state index in [-0.39, 0.29) is 0 Å². The number of rotatable bonds is 6. The summed E-state index contributed by atoms with van der Waals surface area (Å²) in [4.78, 5) is 0. The van der Waals surface area contributed by atoms with Crippen molar-refractivity contribution >= 4 is 0 Å². The topological polar surface area (TPSA) is 21.3 Å².